The molecule has 1 aliphatic rings. The Morgan fingerprint density at radius 1 is 1.22 bits per heavy atom. The number of hydrogen-bond donors (Lipinski definition) is 2. The largest absolute Gasteiger partial charge is 0.334 e. The molecule has 1 amide bonds. The molecule has 0 saturated heterocycles. The second-order valence-corrected chi connectivity index (χ2v) is 8.68. The van der Waals surface area contributed by atoms with Gasteiger partial charge in [-0.25, -0.2) is 13.8 Å². The molecule has 4 rings (SSSR count). The molecule has 0 radical (unpaired) electrons. The highest BCUT2D eigenvalue weighted by atomic mass is 19.3. The average Bonchev–Trinajstić information content (AvgIpc) is 3.22. The van der Waals surface area contributed by atoms with Crippen molar-refractivity contribution in [2.24, 2.45) is 0 Å². The lowest BCUT2D eigenvalue weighted by molar-refractivity contribution is 0.0176. The second kappa shape index (κ2) is 9.36. The summed E-state index contributed by atoms with van der Waals surface area (Å²) >= 11 is 0. The van der Waals surface area contributed by atoms with Crippen LogP contribution in [0.4, 0.5) is 8.78 Å². The Bertz CT molecular complexity index is 1060. The third-order valence-corrected chi connectivity index (χ3v) is 6.32. The molecule has 2 N–H and O–H groups in total. The van der Waals surface area contributed by atoms with Crippen LogP contribution in [0.2, 0.25) is 0 Å². The van der Waals surface area contributed by atoms with E-state index in [4.69, 9.17) is 0 Å². The number of carbonyl (C=O) groups is 1. The summed E-state index contributed by atoms with van der Waals surface area (Å²) in [7, 11) is 0. The van der Waals surface area contributed by atoms with Crippen molar-refractivity contribution >= 4 is 16.9 Å². The maximum atomic E-state index is 13.7. The van der Waals surface area contributed by atoms with Crippen LogP contribution in [0.5, 0.6) is 0 Å². The van der Waals surface area contributed by atoms with Gasteiger partial charge in [0.05, 0.1) is 11.0 Å². The highest BCUT2D eigenvalue weighted by molar-refractivity contribution is 5.94. The number of alkyl halides is 2. The van der Waals surface area contributed by atoms with Crippen LogP contribution in [0.3, 0.4) is 0 Å². The highest BCUT2D eigenvalue weighted by Crippen LogP contribution is 2.29. The van der Waals surface area contributed by atoms with Gasteiger partial charge in [0.2, 0.25) is 0 Å². The van der Waals surface area contributed by atoms with E-state index in [9.17, 15) is 13.6 Å². The number of carbonyl (C=O) groups excluding carboxylic acids is 1. The van der Waals surface area contributed by atoms with Gasteiger partial charge in [0.1, 0.15) is 0 Å². The van der Waals surface area contributed by atoms with Gasteiger partial charge in [0.15, 0.2) is 5.82 Å². The molecule has 1 aliphatic carbocycles. The van der Waals surface area contributed by atoms with E-state index in [1.807, 2.05) is 30.0 Å². The number of benzene rings is 2. The van der Waals surface area contributed by atoms with Gasteiger partial charge in [-0.3, -0.25) is 4.79 Å². The van der Waals surface area contributed by atoms with E-state index in [1.54, 1.807) is 0 Å². The Balaban J connectivity index is 1.46. The van der Waals surface area contributed by atoms with Crippen molar-refractivity contribution in [1.82, 2.24) is 20.2 Å². The van der Waals surface area contributed by atoms with Crippen molar-refractivity contribution < 1.29 is 13.6 Å². The van der Waals surface area contributed by atoms with Crippen LogP contribution in [-0.2, 0) is 12.5 Å². The topological polar surface area (TPSA) is 61.0 Å². The van der Waals surface area contributed by atoms with E-state index in [2.05, 4.69) is 27.4 Å². The van der Waals surface area contributed by atoms with E-state index >= 15 is 0 Å². The van der Waals surface area contributed by atoms with Crippen LogP contribution in [-0.4, -0.2) is 39.4 Å². The van der Waals surface area contributed by atoms with E-state index in [1.165, 1.54) is 23.8 Å². The molecule has 32 heavy (non-hydrogen) atoms. The quantitative estimate of drug-likeness (QED) is 0.528. The molecule has 1 aromatic heterocycles. The molecule has 7 heteroatoms. The van der Waals surface area contributed by atoms with Crippen LogP contribution in [0.25, 0.3) is 11.0 Å². The first-order valence-electron chi connectivity index (χ1n) is 11.3. The summed E-state index contributed by atoms with van der Waals surface area (Å²) in [6, 6.07) is 15.0. The van der Waals surface area contributed by atoms with Crippen molar-refractivity contribution in [1.29, 1.82) is 0 Å². The van der Waals surface area contributed by atoms with Crippen LogP contribution < -0.4 is 5.32 Å². The first kappa shape index (κ1) is 22.4. The molecule has 0 spiro atoms. The van der Waals surface area contributed by atoms with Crippen LogP contribution in [0, 0.1) is 0 Å². The van der Waals surface area contributed by atoms with Crippen LogP contribution in [0.15, 0.2) is 48.5 Å². The molecule has 5 nitrogen and oxygen atoms in total. The number of fused-ring (bicyclic) bond motifs is 1. The summed E-state index contributed by atoms with van der Waals surface area (Å²) in [5.41, 5.74) is 2.12. The van der Waals surface area contributed by atoms with Gasteiger partial charge in [-0.05, 0) is 50.3 Å². The first-order valence-corrected chi connectivity index (χ1v) is 11.3. The maximum absolute atomic E-state index is 13.7. The molecule has 2 atom stereocenters. The lowest BCUT2D eigenvalue weighted by atomic mass is 9.89. The molecular formula is C25H30F2N4O. The number of imidazole rings is 1. The molecule has 3 aromatic rings. The van der Waals surface area contributed by atoms with Gasteiger partial charge in [-0.2, -0.15) is 0 Å². The number of aromatic amines is 1. The number of halogens is 2. The summed E-state index contributed by atoms with van der Waals surface area (Å²) < 4.78 is 27.3. The molecule has 1 fully saturated rings. The predicted molar refractivity (Wildman–Crippen MR) is 122 cm³/mol. The summed E-state index contributed by atoms with van der Waals surface area (Å²) in [4.78, 5) is 22.5. The van der Waals surface area contributed by atoms with Crippen molar-refractivity contribution in [3.63, 3.8) is 0 Å². The van der Waals surface area contributed by atoms with E-state index in [0.29, 0.717) is 23.6 Å². The smallest absolute Gasteiger partial charge is 0.289 e. The Hall–Kier alpha value is -2.80. The third kappa shape index (κ3) is 4.99. The van der Waals surface area contributed by atoms with Gasteiger partial charge in [-0.15, -0.1) is 0 Å². The van der Waals surface area contributed by atoms with Crippen molar-refractivity contribution in [2.75, 3.05) is 6.54 Å². The normalized spacial score (nSPS) is 19.2. The number of hydrogen-bond acceptors (Lipinski definition) is 3. The predicted octanol–water partition coefficient (Wildman–Crippen LogP) is 5.24. The van der Waals surface area contributed by atoms with Crippen molar-refractivity contribution in [3.05, 3.63) is 65.5 Å². The molecule has 0 bridgehead atoms. The Morgan fingerprint density at radius 2 is 2.00 bits per heavy atom. The zero-order chi connectivity index (χ0) is 22.7. The Morgan fingerprint density at radius 3 is 2.72 bits per heavy atom. The first-order chi connectivity index (χ1) is 15.3. The van der Waals surface area contributed by atoms with E-state index < -0.39 is 5.92 Å². The van der Waals surface area contributed by atoms with Crippen LogP contribution in [0.1, 0.15) is 61.3 Å². The van der Waals surface area contributed by atoms with Gasteiger partial charge < -0.3 is 15.2 Å². The Kier molecular flexibility index (Phi) is 6.55. The van der Waals surface area contributed by atoms with Crippen molar-refractivity contribution in [2.45, 2.75) is 64.1 Å². The fourth-order valence-electron chi connectivity index (χ4n) is 4.58. The molecule has 1 heterocycles. The minimum Gasteiger partial charge on any atom is -0.334 e. The molecule has 0 aliphatic heterocycles. The van der Waals surface area contributed by atoms with E-state index in [-0.39, 0.29) is 23.3 Å². The van der Waals surface area contributed by atoms with Crippen LogP contribution >= 0.6 is 0 Å². The molecule has 1 saturated carbocycles. The van der Waals surface area contributed by atoms with Gasteiger partial charge in [-0.1, -0.05) is 36.4 Å². The summed E-state index contributed by atoms with van der Waals surface area (Å²) in [5, 5.41) is 3.63. The second-order valence-electron chi connectivity index (χ2n) is 8.68. The molecule has 2 aromatic carbocycles. The summed E-state index contributed by atoms with van der Waals surface area (Å²) in [6.07, 6.45) is 3.98. The van der Waals surface area contributed by atoms with E-state index in [0.717, 1.165) is 39.2 Å². The number of nitrogens with one attached hydrogen (secondary N) is 2. The number of H-pyrrole nitrogens is 1. The number of amides is 1. The summed E-state index contributed by atoms with van der Waals surface area (Å²) in [6.45, 7) is 4.22. The fourth-order valence-corrected chi connectivity index (χ4v) is 4.58. The SMILES string of the molecule is CCN(C(=O)c1nc2ccc(C(C)(F)F)cc2[nH]1)C1CCCC(NCc2ccccc2)C1. The lowest BCUT2D eigenvalue weighted by Crippen LogP contribution is -2.47. The lowest BCUT2D eigenvalue weighted by Gasteiger charge is -2.37. The zero-order valence-corrected chi connectivity index (χ0v) is 18.6. The third-order valence-electron chi connectivity index (χ3n) is 6.32. The molecular weight excluding hydrogens is 410 g/mol. The van der Waals surface area contributed by atoms with Crippen molar-refractivity contribution in [3.8, 4) is 0 Å². The Labute approximate surface area is 187 Å². The number of aromatic nitrogens is 2. The molecule has 2 unspecified atom stereocenters. The average molecular weight is 441 g/mol. The highest BCUT2D eigenvalue weighted by Gasteiger charge is 2.31. The van der Waals surface area contributed by atoms with Gasteiger partial charge >= 0.3 is 0 Å². The monoisotopic (exact) mass is 440 g/mol. The standard InChI is InChI=1S/C25H30F2N4O/c1-3-31(20-11-7-10-19(15-20)28-16-17-8-5-4-6-9-17)24(32)23-29-21-13-12-18(25(2,26)27)14-22(21)30-23/h4-6,8-9,12-14,19-20,28H,3,7,10-11,15-16H2,1-2H3,(H,29,30). The summed E-state index contributed by atoms with van der Waals surface area (Å²) in [5.74, 6) is -2.91. The number of nitrogens with zero attached hydrogens (tertiary/aromatic N) is 2. The fraction of sp³-hybridized carbons (Fsp3) is 0.440. The molecule has 170 valence electrons. The van der Waals surface area contributed by atoms with Gasteiger partial charge in [0, 0.05) is 37.7 Å². The maximum Gasteiger partial charge on any atom is 0.289 e. The number of rotatable bonds is 7. The minimum absolute atomic E-state index is 0.0976. The minimum atomic E-state index is -2.94. The zero-order valence-electron chi connectivity index (χ0n) is 18.6. The van der Waals surface area contributed by atoms with Gasteiger partial charge in [0.25, 0.3) is 11.8 Å².